The molecule has 3 rings (SSSR count). The SMILES string of the molecule is COC1=CC=C(C2C(=O)CSC2=O)N(Cc2ccc(O)cc2)C1OC. The number of phenols is 1. The molecule has 0 radical (unpaired) electrons. The Morgan fingerprint density at radius 2 is 1.92 bits per heavy atom. The molecule has 1 fully saturated rings. The first-order chi connectivity index (χ1) is 12.0. The summed E-state index contributed by atoms with van der Waals surface area (Å²) in [6.45, 7) is 0.410. The number of hydrogen-bond acceptors (Lipinski definition) is 7. The van der Waals surface area contributed by atoms with Crippen molar-refractivity contribution < 1.29 is 24.2 Å². The summed E-state index contributed by atoms with van der Waals surface area (Å²) in [6.07, 6.45) is 2.95. The van der Waals surface area contributed by atoms with Gasteiger partial charge in [0.15, 0.2) is 12.0 Å². The van der Waals surface area contributed by atoms with Gasteiger partial charge in [-0.1, -0.05) is 23.9 Å². The van der Waals surface area contributed by atoms with Crippen LogP contribution in [0.2, 0.25) is 0 Å². The van der Waals surface area contributed by atoms with Gasteiger partial charge in [-0.2, -0.15) is 0 Å². The second-order valence-corrected chi connectivity index (χ2v) is 6.73. The molecule has 2 atom stereocenters. The van der Waals surface area contributed by atoms with Crippen molar-refractivity contribution in [1.29, 1.82) is 0 Å². The number of hydrogen-bond donors (Lipinski definition) is 1. The fourth-order valence-electron chi connectivity index (χ4n) is 3.01. The second kappa shape index (κ2) is 7.33. The van der Waals surface area contributed by atoms with E-state index in [2.05, 4.69) is 0 Å². The average Bonchev–Trinajstić information content (AvgIpc) is 2.95. The molecule has 1 saturated heterocycles. The molecular weight excluding hydrogens is 342 g/mol. The summed E-state index contributed by atoms with van der Waals surface area (Å²) < 4.78 is 11.0. The normalized spacial score (nSPS) is 23.5. The van der Waals surface area contributed by atoms with Gasteiger partial charge in [0.1, 0.15) is 17.4 Å². The molecule has 2 heterocycles. The lowest BCUT2D eigenvalue weighted by Crippen LogP contribution is -2.43. The van der Waals surface area contributed by atoms with Crippen LogP contribution in [0.1, 0.15) is 5.56 Å². The van der Waals surface area contributed by atoms with Crippen LogP contribution in [0, 0.1) is 5.92 Å². The fraction of sp³-hybridized carbons (Fsp3) is 0.333. The molecule has 0 aliphatic carbocycles. The summed E-state index contributed by atoms with van der Waals surface area (Å²) in [7, 11) is 3.11. The third kappa shape index (κ3) is 3.43. The molecular formula is C18H19NO5S. The molecule has 0 saturated carbocycles. The molecule has 1 aromatic rings. The Kier molecular flexibility index (Phi) is 5.15. The lowest BCUT2D eigenvalue weighted by atomic mass is 9.97. The van der Waals surface area contributed by atoms with Crippen molar-refractivity contribution in [2.24, 2.45) is 5.92 Å². The number of Topliss-reactive ketones (excluding diaryl/α,β-unsaturated/α-hetero) is 1. The summed E-state index contributed by atoms with van der Waals surface area (Å²) in [6, 6.07) is 6.77. The lowest BCUT2D eigenvalue weighted by molar-refractivity contribution is -0.125. The minimum Gasteiger partial charge on any atom is -0.508 e. The van der Waals surface area contributed by atoms with Crippen LogP contribution in [-0.4, -0.2) is 47.1 Å². The van der Waals surface area contributed by atoms with Crippen LogP contribution in [0.15, 0.2) is 47.9 Å². The van der Waals surface area contributed by atoms with Gasteiger partial charge >= 0.3 is 0 Å². The first-order valence-electron chi connectivity index (χ1n) is 7.77. The highest BCUT2D eigenvalue weighted by Gasteiger charge is 2.42. The standard InChI is InChI=1S/C18H19NO5S/c1-23-15-8-7-13(16-14(21)10-25-18(16)22)19(17(15)24-2)9-11-3-5-12(20)6-4-11/h3-8,16-17,20H,9-10H2,1-2H3. The van der Waals surface area contributed by atoms with Gasteiger partial charge < -0.3 is 19.5 Å². The van der Waals surface area contributed by atoms with Crippen LogP contribution < -0.4 is 0 Å². The maximum atomic E-state index is 12.2. The number of benzene rings is 1. The lowest BCUT2D eigenvalue weighted by Gasteiger charge is -2.38. The van der Waals surface area contributed by atoms with Crippen molar-refractivity contribution in [3.05, 3.63) is 53.4 Å². The van der Waals surface area contributed by atoms with Gasteiger partial charge in [0, 0.05) is 19.4 Å². The number of carbonyl (C=O) groups excluding carboxylic acids is 2. The zero-order chi connectivity index (χ0) is 18.0. The van der Waals surface area contributed by atoms with Crippen LogP contribution >= 0.6 is 11.8 Å². The minimum absolute atomic E-state index is 0.0962. The highest BCUT2D eigenvalue weighted by Crippen LogP contribution is 2.36. The van der Waals surface area contributed by atoms with Crippen LogP contribution in [0.4, 0.5) is 0 Å². The number of nitrogens with zero attached hydrogens (tertiary/aromatic N) is 1. The van der Waals surface area contributed by atoms with Crippen molar-refractivity contribution in [1.82, 2.24) is 4.90 Å². The van der Waals surface area contributed by atoms with Gasteiger partial charge in [0.05, 0.1) is 12.9 Å². The highest BCUT2D eigenvalue weighted by molar-refractivity contribution is 8.15. The summed E-state index contributed by atoms with van der Waals surface area (Å²) in [5.41, 5.74) is 1.52. The van der Waals surface area contributed by atoms with Crippen LogP contribution in [0.5, 0.6) is 5.75 Å². The Morgan fingerprint density at radius 3 is 2.48 bits per heavy atom. The quantitative estimate of drug-likeness (QED) is 0.805. The van der Waals surface area contributed by atoms with E-state index in [1.54, 1.807) is 50.6 Å². The fourth-order valence-corrected chi connectivity index (χ4v) is 3.88. The predicted molar refractivity (Wildman–Crippen MR) is 93.6 cm³/mol. The van der Waals surface area contributed by atoms with Gasteiger partial charge in [-0.15, -0.1) is 0 Å². The molecule has 7 heteroatoms. The highest BCUT2D eigenvalue weighted by atomic mass is 32.2. The Hall–Kier alpha value is -2.25. The maximum Gasteiger partial charge on any atom is 0.205 e. The summed E-state index contributed by atoms with van der Waals surface area (Å²) in [5.74, 6) is 0.0920. The molecule has 0 amide bonds. The van der Waals surface area contributed by atoms with Crippen LogP contribution in [0.3, 0.4) is 0 Å². The van der Waals surface area contributed by atoms with E-state index in [4.69, 9.17) is 9.47 Å². The van der Waals surface area contributed by atoms with E-state index >= 15 is 0 Å². The third-order valence-electron chi connectivity index (χ3n) is 4.23. The van der Waals surface area contributed by atoms with Crippen LogP contribution in [-0.2, 0) is 25.6 Å². The Morgan fingerprint density at radius 1 is 1.20 bits per heavy atom. The zero-order valence-electron chi connectivity index (χ0n) is 14.0. The number of aromatic hydroxyl groups is 1. The van der Waals surface area contributed by atoms with Crippen molar-refractivity contribution in [2.75, 3.05) is 20.0 Å². The molecule has 132 valence electrons. The molecule has 2 aliphatic rings. The first kappa shape index (κ1) is 17.6. The number of methoxy groups -OCH3 is 2. The molecule has 25 heavy (non-hydrogen) atoms. The minimum atomic E-state index is -0.783. The molecule has 0 aromatic heterocycles. The summed E-state index contributed by atoms with van der Waals surface area (Å²) in [4.78, 5) is 26.3. The van der Waals surface area contributed by atoms with Gasteiger partial charge in [0.25, 0.3) is 0 Å². The average molecular weight is 361 g/mol. The van der Waals surface area contributed by atoms with Gasteiger partial charge in [-0.3, -0.25) is 9.59 Å². The van der Waals surface area contributed by atoms with Crippen LogP contribution in [0.25, 0.3) is 0 Å². The zero-order valence-corrected chi connectivity index (χ0v) is 14.8. The smallest absolute Gasteiger partial charge is 0.205 e. The number of carbonyl (C=O) groups is 2. The van der Waals surface area contributed by atoms with Crippen molar-refractivity contribution in [3.63, 3.8) is 0 Å². The maximum absolute atomic E-state index is 12.2. The molecule has 0 bridgehead atoms. The van der Waals surface area contributed by atoms with E-state index in [1.165, 1.54) is 0 Å². The van der Waals surface area contributed by atoms with Gasteiger partial charge in [0.2, 0.25) is 5.12 Å². The number of ether oxygens (including phenoxy) is 2. The van der Waals surface area contributed by atoms with Crippen molar-refractivity contribution in [2.45, 2.75) is 12.8 Å². The Balaban J connectivity index is 1.98. The topological polar surface area (TPSA) is 76.1 Å². The molecule has 2 unspecified atom stereocenters. The summed E-state index contributed by atoms with van der Waals surface area (Å²) in [5, 5.41) is 9.32. The predicted octanol–water partition coefficient (Wildman–Crippen LogP) is 2.05. The van der Waals surface area contributed by atoms with Gasteiger partial charge in [-0.05, 0) is 29.8 Å². The van der Waals surface area contributed by atoms with Crippen molar-refractivity contribution >= 4 is 22.7 Å². The van der Waals surface area contributed by atoms with E-state index in [0.29, 0.717) is 18.0 Å². The summed E-state index contributed by atoms with van der Waals surface area (Å²) >= 11 is 1.05. The van der Waals surface area contributed by atoms with E-state index in [-0.39, 0.29) is 22.4 Å². The third-order valence-corrected chi connectivity index (χ3v) is 5.18. The number of allylic oxidation sites excluding steroid dienone is 3. The second-order valence-electron chi connectivity index (χ2n) is 5.75. The molecule has 0 spiro atoms. The largest absolute Gasteiger partial charge is 0.508 e. The monoisotopic (exact) mass is 361 g/mol. The van der Waals surface area contributed by atoms with E-state index in [9.17, 15) is 14.7 Å². The van der Waals surface area contributed by atoms with E-state index in [0.717, 1.165) is 17.3 Å². The number of ketones is 1. The Labute approximate surface area is 150 Å². The van der Waals surface area contributed by atoms with E-state index in [1.807, 2.05) is 4.90 Å². The molecule has 1 N–H and O–H groups in total. The number of phenolic OH excluding ortho intramolecular Hbond substituents is 1. The van der Waals surface area contributed by atoms with Crippen molar-refractivity contribution in [3.8, 4) is 5.75 Å². The molecule has 1 aromatic carbocycles. The first-order valence-corrected chi connectivity index (χ1v) is 8.76. The number of thioether (sulfide) groups is 1. The van der Waals surface area contributed by atoms with Gasteiger partial charge in [-0.25, -0.2) is 0 Å². The number of rotatable bonds is 5. The Bertz CT molecular complexity index is 724. The molecule has 6 nitrogen and oxygen atoms in total. The molecule has 2 aliphatic heterocycles. The van der Waals surface area contributed by atoms with E-state index < -0.39 is 12.1 Å².